The smallest absolute Gasteiger partial charge is 0.338 e. The molecular formula is C21H24N8O3. The lowest BCUT2D eigenvalue weighted by Crippen LogP contribution is -2.33. The second kappa shape index (κ2) is 8.48. The summed E-state index contributed by atoms with van der Waals surface area (Å²) in [6, 6.07) is 1.80. The van der Waals surface area contributed by atoms with Gasteiger partial charge in [-0.15, -0.1) is 15.3 Å². The number of carbonyl (C=O) groups is 2. The minimum absolute atomic E-state index is 0.125. The van der Waals surface area contributed by atoms with Crippen LogP contribution < -0.4 is 5.32 Å². The molecule has 0 spiro atoms. The van der Waals surface area contributed by atoms with Crippen LogP contribution in [-0.2, 0) is 0 Å². The lowest BCUT2D eigenvalue weighted by atomic mass is 9.80. The Morgan fingerprint density at radius 1 is 1.19 bits per heavy atom. The number of nitrogens with zero attached hydrogens (tertiary/aromatic N) is 7. The Balaban J connectivity index is 1.23. The minimum atomic E-state index is -1.04. The number of carboxylic acids is 1. The maximum Gasteiger partial charge on any atom is 0.338 e. The van der Waals surface area contributed by atoms with Crippen LogP contribution in [0.15, 0.2) is 31.0 Å². The highest BCUT2D eigenvalue weighted by atomic mass is 16.4. The molecule has 11 nitrogen and oxygen atoms in total. The van der Waals surface area contributed by atoms with E-state index in [2.05, 4.69) is 30.8 Å². The number of nitrogens with one attached hydrogen (secondary N) is 1. The van der Waals surface area contributed by atoms with Crippen LogP contribution in [0.4, 0.5) is 0 Å². The number of carboxylic acid groups (broad SMARTS) is 1. The molecule has 2 saturated carbocycles. The third-order valence-electron chi connectivity index (χ3n) is 6.26. The van der Waals surface area contributed by atoms with Gasteiger partial charge in [0.2, 0.25) is 5.82 Å². The summed E-state index contributed by atoms with van der Waals surface area (Å²) in [5.41, 5.74) is 1.34. The van der Waals surface area contributed by atoms with Crippen molar-refractivity contribution in [2.75, 3.05) is 6.54 Å². The molecule has 0 aliphatic heterocycles. The number of aromatic nitrogens is 7. The Morgan fingerprint density at radius 2 is 2.06 bits per heavy atom. The van der Waals surface area contributed by atoms with Crippen molar-refractivity contribution in [1.29, 1.82) is 0 Å². The number of hydrogen-bond acceptors (Lipinski definition) is 7. The van der Waals surface area contributed by atoms with Crippen LogP contribution in [0.25, 0.3) is 5.69 Å². The van der Waals surface area contributed by atoms with Gasteiger partial charge in [-0.25, -0.2) is 9.48 Å². The molecule has 0 bridgehead atoms. The zero-order chi connectivity index (χ0) is 22.1. The first-order valence-electron chi connectivity index (χ1n) is 10.9. The van der Waals surface area contributed by atoms with Gasteiger partial charge in [-0.1, -0.05) is 11.6 Å². The Morgan fingerprint density at radius 3 is 2.88 bits per heavy atom. The molecule has 2 aliphatic carbocycles. The monoisotopic (exact) mass is 436 g/mol. The number of amides is 1. The number of aromatic carboxylic acids is 1. The second-order valence-corrected chi connectivity index (χ2v) is 8.52. The van der Waals surface area contributed by atoms with Gasteiger partial charge in [0.1, 0.15) is 6.33 Å². The highest BCUT2D eigenvalue weighted by molar-refractivity contribution is 5.91. The molecule has 0 radical (unpaired) electrons. The molecule has 0 saturated heterocycles. The van der Waals surface area contributed by atoms with Gasteiger partial charge < -0.3 is 15.0 Å². The van der Waals surface area contributed by atoms with Gasteiger partial charge in [0.05, 0.1) is 29.3 Å². The van der Waals surface area contributed by atoms with E-state index in [0.29, 0.717) is 30.0 Å². The van der Waals surface area contributed by atoms with Gasteiger partial charge in [-0.3, -0.25) is 9.78 Å². The Bertz CT molecular complexity index is 1140. The Labute approximate surface area is 183 Å². The molecule has 2 N–H and O–H groups in total. The van der Waals surface area contributed by atoms with E-state index in [1.165, 1.54) is 23.1 Å². The summed E-state index contributed by atoms with van der Waals surface area (Å²) >= 11 is 0. The topological polar surface area (TPSA) is 141 Å². The molecule has 3 heterocycles. The van der Waals surface area contributed by atoms with E-state index in [-0.39, 0.29) is 17.4 Å². The first-order valence-corrected chi connectivity index (χ1v) is 10.9. The molecule has 3 aromatic heterocycles. The number of rotatable bonds is 7. The largest absolute Gasteiger partial charge is 0.478 e. The standard InChI is InChI=1S/C21H24N8O3/c30-20(19-26-24-12-28(19)15-4-5-15)23-9-13-2-1-3-14(8-13)17-11-29(27-25-17)18-10-22-7-6-16(18)21(31)32/h6-7,10-15H,1-5,8-9H2,(H,23,30)(H,31,32)/t13-,14+/m0/s1. The summed E-state index contributed by atoms with van der Waals surface area (Å²) in [6.07, 6.45) is 12.4. The highest BCUT2D eigenvalue weighted by Crippen LogP contribution is 2.36. The first kappa shape index (κ1) is 20.3. The molecule has 2 fully saturated rings. The predicted octanol–water partition coefficient (Wildman–Crippen LogP) is 1.99. The van der Waals surface area contributed by atoms with E-state index in [9.17, 15) is 14.7 Å². The molecule has 2 atom stereocenters. The van der Waals surface area contributed by atoms with Crippen molar-refractivity contribution >= 4 is 11.9 Å². The van der Waals surface area contributed by atoms with E-state index in [1.54, 1.807) is 12.5 Å². The van der Waals surface area contributed by atoms with E-state index in [0.717, 1.165) is 44.2 Å². The predicted molar refractivity (Wildman–Crippen MR) is 111 cm³/mol. The fourth-order valence-corrected chi connectivity index (χ4v) is 4.42. The normalized spacial score (nSPS) is 20.8. The van der Waals surface area contributed by atoms with E-state index in [4.69, 9.17) is 0 Å². The van der Waals surface area contributed by atoms with Crippen LogP contribution in [0.3, 0.4) is 0 Å². The minimum Gasteiger partial charge on any atom is -0.478 e. The van der Waals surface area contributed by atoms with Crippen LogP contribution in [-0.4, -0.2) is 58.3 Å². The first-order chi connectivity index (χ1) is 15.6. The summed E-state index contributed by atoms with van der Waals surface area (Å²) in [6.45, 7) is 0.576. The van der Waals surface area contributed by atoms with Crippen molar-refractivity contribution in [3.63, 3.8) is 0 Å². The van der Waals surface area contributed by atoms with Gasteiger partial charge in [0.25, 0.3) is 5.91 Å². The highest BCUT2D eigenvalue weighted by Gasteiger charge is 2.30. The van der Waals surface area contributed by atoms with Crippen molar-refractivity contribution < 1.29 is 14.7 Å². The summed E-state index contributed by atoms with van der Waals surface area (Å²) in [5, 5.41) is 28.8. The maximum atomic E-state index is 12.6. The van der Waals surface area contributed by atoms with Crippen molar-refractivity contribution in [3.05, 3.63) is 48.1 Å². The zero-order valence-corrected chi connectivity index (χ0v) is 17.5. The van der Waals surface area contributed by atoms with Gasteiger partial charge in [0, 0.05) is 24.7 Å². The lowest BCUT2D eigenvalue weighted by molar-refractivity contribution is 0.0696. The molecule has 0 aromatic carbocycles. The zero-order valence-electron chi connectivity index (χ0n) is 17.5. The molecule has 2 aliphatic rings. The van der Waals surface area contributed by atoms with Crippen molar-refractivity contribution in [1.82, 2.24) is 40.1 Å². The van der Waals surface area contributed by atoms with Crippen LogP contribution in [0.5, 0.6) is 0 Å². The van der Waals surface area contributed by atoms with Gasteiger partial charge >= 0.3 is 5.97 Å². The van der Waals surface area contributed by atoms with E-state index < -0.39 is 5.97 Å². The number of carbonyl (C=O) groups excluding carboxylic acids is 1. The van der Waals surface area contributed by atoms with Crippen molar-refractivity contribution in [3.8, 4) is 5.69 Å². The van der Waals surface area contributed by atoms with Crippen molar-refractivity contribution in [2.45, 2.75) is 50.5 Å². The molecule has 1 amide bonds. The molecular weight excluding hydrogens is 412 g/mol. The summed E-state index contributed by atoms with van der Waals surface area (Å²) in [7, 11) is 0. The number of pyridine rings is 1. The fourth-order valence-electron chi connectivity index (χ4n) is 4.42. The molecule has 32 heavy (non-hydrogen) atoms. The van der Waals surface area contributed by atoms with Gasteiger partial charge in [0.15, 0.2) is 0 Å². The van der Waals surface area contributed by atoms with E-state index >= 15 is 0 Å². The van der Waals surface area contributed by atoms with Crippen molar-refractivity contribution in [2.24, 2.45) is 5.92 Å². The molecule has 0 unspecified atom stereocenters. The molecule has 166 valence electrons. The third kappa shape index (κ3) is 4.10. The summed E-state index contributed by atoms with van der Waals surface area (Å²) in [4.78, 5) is 28.1. The SMILES string of the molecule is O=C(O)c1ccncc1-n1cc([C@@H]2CCC[C@H](CNC(=O)c3nncn3C3CC3)C2)nn1. The lowest BCUT2D eigenvalue weighted by Gasteiger charge is -2.28. The van der Waals surface area contributed by atoms with Gasteiger partial charge in [-0.2, -0.15) is 0 Å². The number of hydrogen-bond donors (Lipinski definition) is 2. The van der Waals surface area contributed by atoms with Gasteiger partial charge in [-0.05, 0) is 44.1 Å². The van der Waals surface area contributed by atoms with Crippen LogP contribution >= 0.6 is 0 Å². The molecule has 3 aromatic rings. The molecule has 11 heteroatoms. The second-order valence-electron chi connectivity index (χ2n) is 8.52. The fraction of sp³-hybridized carbons (Fsp3) is 0.476. The Kier molecular flexibility index (Phi) is 5.38. The molecule has 5 rings (SSSR count). The van der Waals surface area contributed by atoms with Crippen LogP contribution in [0, 0.1) is 5.92 Å². The maximum absolute atomic E-state index is 12.6. The quantitative estimate of drug-likeness (QED) is 0.573. The average molecular weight is 436 g/mol. The van der Waals surface area contributed by atoms with Crippen LogP contribution in [0.1, 0.15) is 77.2 Å². The summed E-state index contributed by atoms with van der Waals surface area (Å²) in [5.74, 6) is -0.299. The average Bonchev–Trinajstić information content (AvgIpc) is 3.33. The van der Waals surface area contributed by atoms with Crippen LogP contribution in [0.2, 0.25) is 0 Å². The summed E-state index contributed by atoms with van der Waals surface area (Å²) < 4.78 is 3.34. The van der Waals surface area contributed by atoms with E-state index in [1.807, 2.05) is 4.57 Å². The Hall–Kier alpha value is -3.63. The third-order valence-corrected chi connectivity index (χ3v) is 6.26.